The van der Waals surface area contributed by atoms with Crippen molar-refractivity contribution in [1.29, 1.82) is 0 Å². The summed E-state index contributed by atoms with van der Waals surface area (Å²) in [6, 6.07) is 0.397. The molecular weight excluding hydrogens is 212 g/mol. The van der Waals surface area contributed by atoms with Crippen molar-refractivity contribution in [2.45, 2.75) is 38.1 Å². The number of aliphatic hydroxyl groups is 1. The molecule has 0 amide bonds. The number of aromatic nitrogens is 1. The van der Waals surface area contributed by atoms with Gasteiger partial charge in [0.15, 0.2) is 0 Å². The predicted molar refractivity (Wildman–Crippen MR) is 61.1 cm³/mol. The molecule has 5 heteroatoms. The number of hydrogen-bond acceptors (Lipinski definition) is 5. The van der Waals surface area contributed by atoms with Gasteiger partial charge in [-0.3, -0.25) is 0 Å². The van der Waals surface area contributed by atoms with Gasteiger partial charge < -0.3 is 14.8 Å². The highest BCUT2D eigenvalue weighted by molar-refractivity contribution is 7.99. The van der Waals surface area contributed by atoms with Crippen LogP contribution in [0.25, 0.3) is 0 Å². The van der Waals surface area contributed by atoms with E-state index in [0.717, 1.165) is 5.69 Å². The van der Waals surface area contributed by atoms with Gasteiger partial charge in [0.25, 0.3) is 5.22 Å². The van der Waals surface area contributed by atoms with Crippen LogP contribution in [0, 0.1) is 6.92 Å². The Labute approximate surface area is 94.5 Å². The number of aliphatic hydroxyl groups excluding tert-OH is 1. The predicted octanol–water partition coefficient (Wildman–Crippen LogP) is 1.43. The summed E-state index contributed by atoms with van der Waals surface area (Å²) in [6.45, 7) is 6.59. The fraction of sp³-hybridized carbons (Fsp3) is 0.700. The molecule has 0 aliphatic heterocycles. The Bertz CT molecular complexity index is 289. The molecule has 1 unspecified atom stereocenters. The van der Waals surface area contributed by atoms with Crippen LogP contribution in [-0.4, -0.2) is 34.5 Å². The molecule has 0 bridgehead atoms. The van der Waals surface area contributed by atoms with E-state index in [2.05, 4.69) is 24.1 Å². The lowest BCUT2D eigenvalue weighted by molar-refractivity contribution is 0.192. The normalized spacial score (nSPS) is 13.4. The maximum absolute atomic E-state index is 9.61. The van der Waals surface area contributed by atoms with Crippen LogP contribution in [0.4, 0.5) is 0 Å². The molecule has 0 spiro atoms. The van der Waals surface area contributed by atoms with Gasteiger partial charge in [-0.1, -0.05) is 25.6 Å². The van der Waals surface area contributed by atoms with E-state index in [9.17, 15) is 5.11 Å². The summed E-state index contributed by atoms with van der Waals surface area (Å²) in [5.74, 6) is 0.597. The van der Waals surface area contributed by atoms with E-state index in [1.807, 2.05) is 6.92 Å². The number of oxazole rings is 1. The third-order valence-corrected chi connectivity index (χ3v) is 2.74. The first kappa shape index (κ1) is 12.5. The third-order valence-electron chi connectivity index (χ3n) is 1.76. The van der Waals surface area contributed by atoms with Crippen LogP contribution in [0.1, 0.15) is 19.5 Å². The Morgan fingerprint density at radius 2 is 2.33 bits per heavy atom. The molecule has 0 saturated carbocycles. The quantitative estimate of drug-likeness (QED) is 0.724. The van der Waals surface area contributed by atoms with Gasteiger partial charge in [0.1, 0.15) is 6.26 Å². The zero-order valence-electron chi connectivity index (χ0n) is 9.36. The fourth-order valence-corrected chi connectivity index (χ4v) is 1.77. The van der Waals surface area contributed by atoms with Crippen molar-refractivity contribution >= 4 is 11.8 Å². The standard InChI is InChI=1S/C10H18N2O2S/c1-7(2)11-4-9(13)6-15-10-12-8(3)5-14-10/h5,7,9,11,13H,4,6H2,1-3H3. The second-order valence-electron chi connectivity index (χ2n) is 3.78. The van der Waals surface area contributed by atoms with Crippen LogP contribution < -0.4 is 5.32 Å². The number of aryl methyl sites for hydroxylation is 1. The highest BCUT2D eigenvalue weighted by Gasteiger charge is 2.08. The van der Waals surface area contributed by atoms with Gasteiger partial charge >= 0.3 is 0 Å². The number of hydrogen-bond donors (Lipinski definition) is 2. The Morgan fingerprint density at radius 3 is 2.87 bits per heavy atom. The van der Waals surface area contributed by atoms with Gasteiger partial charge in [-0.2, -0.15) is 0 Å². The summed E-state index contributed by atoms with van der Waals surface area (Å²) in [5, 5.41) is 13.4. The third kappa shape index (κ3) is 5.20. The molecule has 0 saturated heterocycles. The number of thioether (sulfide) groups is 1. The SMILES string of the molecule is Cc1coc(SCC(O)CNC(C)C)n1. The van der Waals surface area contributed by atoms with E-state index in [1.54, 1.807) is 6.26 Å². The number of nitrogens with one attached hydrogen (secondary N) is 1. The van der Waals surface area contributed by atoms with E-state index in [-0.39, 0.29) is 6.10 Å². The highest BCUT2D eigenvalue weighted by atomic mass is 32.2. The minimum Gasteiger partial charge on any atom is -0.440 e. The first-order valence-corrected chi connectivity index (χ1v) is 6.03. The molecular formula is C10H18N2O2S. The monoisotopic (exact) mass is 230 g/mol. The van der Waals surface area contributed by atoms with Gasteiger partial charge in [-0.05, 0) is 6.92 Å². The lowest BCUT2D eigenvalue weighted by atomic mass is 10.3. The molecule has 0 fully saturated rings. The first-order chi connectivity index (χ1) is 7.08. The van der Waals surface area contributed by atoms with E-state index >= 15 is 0 Å². The molecule has 15 heavy (non-hydrogen) atoms. The Morgan fingerprint density at radius 1 is 1.60 bits per heavy atom. The van der Waals surface area contributed by atoms with Gasteiger partial charge in [-0.15, -0.1) is 0 Å². The largest absolute Gasteiger partial charge is 0.440 e. The summed E-state index contributed by atoms with van der Waals surface area (Å²) >= 11 is 1.43. The number of rotatable bonds is 6. The zero-order valence-corrected chi connectivity index (χ0v) is 10.2. The van der Waals surface area contributed by atoms with Crippen molar-refractivity contribution in [3.63, 3.8) is 0 Å². The average Bonchev–Trinajstić information content (AvgIpc) is 2.58. The molecule has 86 valence electrons. The molecule has 0 aliphatic rings. The van der Waals surface area contributed by atoms with Crippen molar-refractivity contribution in [2.75, 3.05) is 12.3 Å². The van der Waals surface area contributed by atoms with Crippen LogP contribution in [0.15, 0.2) is 15.9 Å². The maximum atomic E-state index is 9.61. The van der Waals surface area contributed by atoms with E-state index in [1.165, 1.54) is 11.8 Å². The van der Waals surface area contributed by atoms with Crippen molar-refractivity contribution in [1.82, 2.24) is 10.3 Å². The lowest BCUT2D eigenvalue weighted by Gasteiger charge is -2.12. The smallest absolute Gasteiger partial charge is 0.255 e. The van der Waals surface area contributed by atoms with Crippen molar-refractivity contribution in [2.24, 2.45) is 0 Å². The van der Waals surface area contributed by atoms with Crippen molar-refractivity contribution < 1.29 is 9.52 Å². The lowest BCUT2D eigenvalue weighted by Crippen LogP contribution is -2.33. The van der Waals surface area contributed by atoms with Gasteiger partial charge in [0.05, 0.1) is 11.8 Å². The van der Waals surface area contributed by atoms with Crippen LogP contribution in [-0.2, 0) is 0 Å². The Hall–Kier alpha value is -0.520. The molecule has 0 aromatic carbocycles. The molecule has 1 aromatic heterocycles. The zero-order chi connectivity index (χ0) is 11.3. The highest BCUT2D eigenvalue weighted by Crippen LogP contribution is 2.17. The maximum Gasteiger partial charge on any atom is 0.255 e. The van der Waals surface area contributed by atoms with Crippen LogP contribution in [0.3, 0.4) is 0 Å². The van der Waals surface area contributed by atoms with Crippen LogP contribution >= 0.6 is 11.8 Å². The van der Waals surface area contributed by atoms with E-state index in [0.29, 0.717) is 23.6 Å². The second-order valence-corrected chi connectivity index (χ2v) is 4.75. The molecule has 0 radical (unpaired) electrons. The van der Waals surface area contributed by atoms with Gasteiger partial charge in [-0.25, -0.2) is 4.98 Å². The summed E-state index contributed by atoms with van der Waals surface area (Å²) in [6.07, 6.45) is 1.24. The number of nitrogens with zero attached hydrogens (tertiary/aromatic N) is 1. The molecule has 2 N–H and O–H groups in total. The summed E-state index contributed by atoms with van der Waals surface area (Å²) in [5.41, 5.74) is 0.868. The van der Waals surface area contributed by atoms with Crippen molar-refractivity contribution in [3.8, 4) is 0 Å². The molecule has 1 aromatic rings. The van der Waals surface area contributed by atoms with Crippen LogP contribution in [0.2, 0.25) is 0 Å². The average molecular weight is 230 g/mol. The minimum atomic E-state index is -0.371. The molecule has 4 nitrogen and oxygen atoms in total. The Kier molecular flexibility index (Phi) is 5.14. The minimum absolute atomic E-state index is 0.371. The van der Waals surface area contributed by atoms with Gasteiger partial charge in [0.2, 0.25) is 0 Å². The van der Waals surface area contributed by atoms with Gasteiger partial charge in [0, 0.05) is 18.3 Å². The second kappa shape index (κ2) is 6.15. The van der Waals surface area contributed by atoms with Crippen LogP contribution in [0.5, 0.6) is 0 Å². The molecule has 0 aliphatic carbocycles. The molecule has 1 heterocycles. The van der Waals surface area contributed by atoms with E-state index in [4.69, 9.17) is 4.42 Å². The Balaban J connectivity index is 2.19. The molecule has 1 rings (SSSR count). The summed E-state index contributed by atoms with van der Waals surface area (Å²) in [4.78, 5) is 4.14. The topological polar surface area (TPSA) is 58.3 Å². The molecule has 1 atom stereocenters. The summed E-state index contributed by atoms with van der Waals surface area (Å²) < 4.78 is 5.16. The van der Waals surface area contributed by atoms with Crippen molar-refractivity contribution in [3.05, 3.63) is 12.0 Å². The van der Waals surface area contributed by atoms with E-state index < -0.39 is 0 Å². The first-order valence-electron chi connectivity index (χ1n) is 5.04. The fourth-order valence-electron chi connectivity index (χ4n) is 0.997. The summed E-state index contributed by atoms with van der Waals surface area (Å²) in [7, 11) is 0.